The quantitative estimate of drug-likeness (QED) is 0.832. The minimum absolute atomic E-state index is 0.185. The number of nitrogens with one attached hydrogen (secondary N) is 1. The molecule has 1 aliphatic carbocycles. The van der Waals surface area contributed by atoms with Crippen molar-refractivity contribution in [2.75, 3.05) is 5.75 Å². The Balaban J connectivity index is 2.06. The third kappa shape index (κ3) is 4.50. The highest BCUT2D eigenvalue weighted by atomic mass is 32.2. The second kappa shape index (κ2) is 7.86. The van der Waals surface area contributed by atoms with Crippen LogP contribution in [0, 0.1) is 5.92 Å². The lowest BCUT2D eigenvalue weighted by molar-refractivity contribution is -0.145. The highest BCUT2D eigenvalue weighted by Crippen LogP contribution is 2.34. The monoisotopic (exact) mass is 335 g/mol. The topological polar surface area (TPSA) is 66.4 Å². The number of hydrogen-bond acceptors (Lipinski definition) is 3. The van der Waals surface area contributed by atoms with Gasteiger partial charge in [0.2, 0.25) is 0 Å². The maximum Gasteiger partial charge on any atom is 0.308 e. The Morgan fingerprint density at radius 1 is 1.30 bits per heavy atom. The van der Waals surface area contributed by atoms with E-state index in [0.717, 1.165) is 24.3 Å². The van der Waals surface area contributed by atoms with Gasteiger partial charge in [-0.1, -0.05) is 31.9 Å². The van der Waals surface area contributed by atoms with Crippen LogP contribution in [0.2, 0.25) is 0 Å². The van der Waals surface area contributed by atoms with Gasteiger partial charge in [0.1, 0.15) is 0 Å². The van der Waals surface area contributed by atoms with Gasteiger partial charge in [-0.2, -0.15) is 11.8 Å². The molecule has 2 unspecified atom stereocenters. The number of aliphatic carboxylic acids is 1. The van der Waals surface area contributed by atoms with E-state index in [2.05, 4.69) is 12.2 Å². The van der Waals surface area contributed by atoms with Crippen molar-refractivity contribution in [1.29, 1.82) is 0 Å². The van der Waals surface area contributed by atoms with E-state index in [1.807, 2.05) is 43.0 Å². The molecular formula is C18H25NO3S. The van der Waals surface area contributed by atoms with Crippen molar-refractivity contribution < 1.29 is 14.7 Å². The molecule has 1 aromatic rings. The number of carboxylic acid groups (broad SMARTS) is 1. The zero-order chi connectivity index (χ0) is 16.9. The first-order valence-electron chi connectivity index (χ1n) is 8.18. The molecule has 2 atom stereocenters. The summed E-state index contributed by atoms with van der Waals surface area (Å²) in [6.07, 6.45) is 3.19. The Kier molecular flexibility index (Phi) is 6.10. The summed E-state index contributed by atoms with van der Waals surface area (Å²) in [5, 5.41) is 12.4. The predicted octanol–water partition coefficient (Wildman–Crippen LogP) is 3.70. The van der Waals surface area contributed by atoms with E-state index in [9.17, 15) is 14.7 Å². The number of carbonyl (C=O) groups is 2. The normalized spacial score (nSPS) is 24.2. The van der Waals surface area contributed by atoms with E-state index in [4.69, 9.17) is 0 Å². The second-order valence-electron chi connectivity index (χ2n) is 6.34. The van der Waals surface area contributed by atoms with Gasteiger partial charge < -0.3 is 10.4 Å². The lowest BCUT2D eigenvalue weighted by atomic mass is 9.73. The van der Waals surface area contributed by atoms with Crippen LogP contribution in [0.15, 0.2) is 24.3 Å². The Hall–Kier alpha value is -1.49. The number of rotatable bonds is 6. The highest BCUT2D eigenvalue weighted by molar-refractivity contribution is 7.98. The van der Waals surface area contributed by atoms with E-state index >= 15 is 0 Å². The summed E-state index contributed by atoms with van der Waals surface area (Å²) >= 11 is 1.84. The third-order valence-electron chi connectivity index (χ3n) is 4.59. The van der Waals surface area contributed by atoms with Crippen LogP contribution >= 0.6 is 11.8 Å². The molecule has 1 aromatic carbocycles. The Morgan fingerprint density at radius 2 is 2.00 bits per heavy atom. The molecule has 1 aliphatic rings. The largest absolute Gasteiger partial charge is 0.481 e. The molecule has 4 nitrogen and oxygen atoms in total. The van der Waals surface area contributed by atoms with Gasteiger partial charge in [0, 0.05) is 11.3 Å². The van der Waals surface area contributed by atoms with Crippen LogP contribution in [0.25, 0.3) is 0 Å². The van der Waals surface area contributed by atoms with Crippen LogP contribution in [0.4, 0.5) is 0 Å². The summed E-state index contributed by atoms with van der Waals surface area (Å²) in [5.74, 6) is 0.490. The van der Waals surface area contributed by atoms with E-state index in [0.29, 0.717) is 18.4 Å². The van der Waals surface area contributed by atoms with Crippen molar-refractivity contribution in [3.05, 3.63) is 35.4 Å². The summed E-state index contributed by atoms with van der Waals surface area (Å²) in [6, 6.07) is 7.58. The van der Waals surface area contributed by atoms with E-state index in [-0.39, 0.29) is 5.91 Å². The number of benzene rings is 1. The van der Waals surface area contributed by atoms with Gasteiger partial charge in [0.15, 0.2) is 0 Å². The van der Waals surface area contributed by atoms with Crippen molar-refractivity contribution in [2.45, 2.75) is 50.8 Å². The maximum atomic E-state index is 12.5. The van der Waals surface area contributed by atoms with Gasteiger partial charge >= 0.3 is 5.97 Å². The molecule has 0 saturated heterocycles. The van der Waals surface area contributed by atoms with Gasteiger partial charge in [-0.25, -0.2) is 0 Å². The average Bonchev–Trinajstić information content (AvgIpc) is 2.53. The fourth-order valence-electron chi connectivity index (χ4n) is 3.18. The van der Waals surface area contributed by atoms with Gasteiger partial charge in [0.25, 0.3) is 5.91 Å². The standard InChI is InChI=1S/C18H25NO3S/c1-3-23-12-13-7-9-14(10-8-13)16(20)19-18(2)11-5-4-6-15(18)17(21)22/h7-10,15H,3-6,11-12H2,1-2H3,(H,19,20)(H,21,22). The molecule has 0 heterocycles. The van der Waals surface area contributed by atoms with Gasteiger partial charge in [-0.3, -0.25) is 9.59 Å². The van der Waals surface area contributed by atoms with Crippen LogP contribution < -0.4 is 5.32 Å². The molecule has 126 valence electrons. The third-order valence-corrected chi connectivity index (χ3v) is 5.54. The summed E-state index contributed by atoms with van der Waals surface area (Å²) in [6.45, 7) is 3.98. The summed E-state index contributed by atoms with van der Waals surface area (Å²) in [4.78, 5) is 24.0. The summed E-state index contributed by atoms with van der Waals surface area (Å²) in [7, 11) is 0. The van der Waals surface area contributed by atoms with Gasteiger partial charge in [-0.05, 0) is 43.2 Å². The minimum atomic E-state index is -0.820. The molecule has 1 fully saturated rings. The molecular weight excluding hydrogens is 310 g/mol. The van der Waals surface area contributed by atoms with Crippen LogP contribution in [-0.2, 0) is 10.5 Å². The van der Waals surface area contributed by atoms with Crippen molar-refractivity contribution in [2.24, 2.45) is 5.92 Å². The molecule has 2 N–H and O–H groups in total. The molecule has 0 aromatic heterocycles. The predicted molar refractivity (Wildman–Crippen MR) is 93.7 cm³/mol. The number of hydrogen-bond donors (Lipinski definition) is 2. The summed E-state index contributed by atoms with van der Waals surface area (Å²) < 4.78 is 0. The molecule has 5 heteroatoms. The Bertz CT molecular complexity index is 558. The van der Waals surface area contributed by atoms with E-state index in [1.54, 1.807) is 0 Å². The Labute approximate surface area is 142 Å². The molecule has 0 spiro atoms. The highest BCUT2D eigenvalue weighted by Gasteiger charge is 2.42. The minimum Gasteiger partial charge on any atom is -0.481 e. The van der Waals surface area contributed by atoms with Gasteiger partial charge in [-0.15, -0.1) is 0 Å². The lowest BCUT2D eigenvalue weighted by Crippen LogP contribution is -2.55. The number of amides is 1. The van der Waals surface area contributed by atoms with Crippen molar-refractivity contribution >= 4 is 23.6 Å². The smallest absolute Gasteiger partial charge is 0.308 e. The SMILES string of the molecule is CCSCc1ccc(C(=O)NC2(C)CCCCC2C(=O)O)cc1. The fourth-order valence-corrected chi connectivity index (χ4v) is 3.82. The van der Waals surface area contributed by atoms with Crippen LogP contribution in [0.3, 0.4) is 0 Å². The molecule has 0 radical (unpaired) electrons. The van der Waals surface area contributed by atoms with Gasteiger partial charge in [0.05, 0.1) is 11.5 Å². The first-order valence-corrected chi connectivity index (χ1v) is 9.34. The second-order valence-corrected chi connectivity index (χ2v) is 7.62. The van der Waals surface area contributed by atoms with Crippen LogP contribution in [0.1, 0.15) is 55.5 Å². The van der Waals surface area contributed by atoms with Crippen LogP contribution in [0.5, 0.6) is 0 Å². The average molecular weight is 335 g/mol. The van der Waals surface area contributed by atoms with Crippen molar-refractivity contribution in [3.63, 3.8) is 0 Å². The Morgan fingerprint density at radius 3 is 2.61 bits per heavy atom. The van der Waals surface area contributed by atoms with E-state index in [1.165, 1.54) is 5.56 Å². The van der Waals surface area contributed by atoms with Crippen molar-refractivity contribution in [3.8, 4) is 0 Å². The zero-order valence-corrected chi connectivity index (χ0v) is 14.6. The molecule has 1 saturated carbocycles. The molecule has 0 aliphatic heterocycles. The first-order chi connectivity index (χ1) is 11.0. The maximum absolute atomic E-state index is 12.5. The zero-order valence-electron chi connectivity index (χ0n) is 13.8. The molecule has 1 amide bonds. The molecule has 0 bridgehead atoms. The fraction of sp³-hybridized carbons (Fsp3) is 0.556. The molecule has 2 rings (SSSR count). The first kappa shape index (κ1) is 17.9. The van der Waals surface area contributed by atoms with Crippen LogP contribution in [-0.4, -0.2) is 28.3 Å². The number of carbonyl (C=O) groups excluding carboxylic acids is 1. The molecule has 23 heavy (non-hydrogen) atoms. The lowest BCUT2D eigenvalue weighted by Gasteiger charge is -2.39. The van der Waals surface area contributed by atoms with E-state index < -0.39 is 17.4 Å². The number of carboxylic acids is 1. The number of thioether (sulfide) groups is 1. The van der Waals surface area contributed by atoms with Crippen molar-refractivity contribution in [1.82, 2.24) is 5.32 Å². The summed E-state index contributed by atoms with van der Waals surface area (Å²) in [5.41, 5.74) is 1.12.